The Hall–Kier alpha value is -2.17. The Kier molecular flexibility index (Phi) is 6.34. The molecule has 2 aromatic rings. The number of anilines is 1. The van der Waals surface area contributed by atoms with Gasteiger partial charge in [-0.05, 0) is 30.3 Å². The Bertz CT molecular complexity index is 791. The highest BCUT2D eigenvalue weighted by Gasteiger charge is 2.33. The molecule has 0 aliphatic heterocycles. The Labute approximate surface area is 152 Å². The average molecular weight is 385 g/mol. The van der Waals surface area contributed by atoms with Crippen LogP contribution in [-0.4, -0.2) is 18.2 Å². The molecule has 0 aliphatic carbocycles. The van der Waals surface area contributed by atoms with Crippen LogP contribution in [0, 0.1) is 11.3 Å². The number of hydrogen-bond acceptors (Lipinski definition) is 3. The van der Waals surface area contributed by atoms with Gasteiger partial charge >= 0.3 is 6.18 Å². The first-order valence-corrected chi connectivity index (χ1v) is 8.41. The quantitative estimate of drug-likeness (QED) is 0.537. The summed E-state index contributed by atoms with van der Waals surface area (Å²) in [5, 5.41) is 8.51. The van der Waals surface area contributed by atoms with Gasteiger partial charge in [0.2, 0.25) is 5.91 Å². The van der Waals surface area contributed by atoms with E-state index in [1.165, 1.54) is 11.0 Å². The van der Waals surface area contributed by atoms with Crippen LogP contribution in [0.5, 0.6) is 0 Å². The van der Waals surface area contributed by atoms with Crippen LogP contribution in [0.1, 0.15) is 5.56 Å². The molecule has 0 N–H and O–H groups in total. The predicted octanol–water partition coefficient (Wildman–Crippen LogP) is 5.01. The molecule has 0 saturated carbocycles. The van der Waals surface area contributed by atoms with E-state index in [2.05, 4.69) is 0 Å². The molecule has 0 spiro atoms. The molecular formula is C17H12ClF3N2OS. The molecule has 2 aromatic carbocycles. The van der Waals surface area contributed by atoms with Gasteiger partial charge < -0.3 is 0 Å². The zero-order valence-electron chi connectivity index (χ0n) is 12.8. The standard InChI is InChI=1S/C17H12ClF3N2OS/c18-15-7-6-13(10-14(15)17(19,20)21)25-11-16(24)23(9-8-22)12-4-2-1-3-5-12/h1-7,10H,9,11H2. The largest absolute Gasteiger partial charge is 0.417 e. The SMILES string of the molecule is N#CCN(C(=O)CSc1ccc(Cl)c(C(F)(F)F)c1)c1ccccc1. The first-order valence-electron chi connectivity index (χ1n) is 7.05. The predicted molar refractivity (Wildman–Crippen MR) is 91.6 cm³/mol. The molecule has 130 valence electrons. The van der Waals surface area contributed by atoms with Crippen LogP contribution in [0.25, 0.3) is 0 Å². The number of amides is 1. The minimum Gasteiger partial charge on any atom is -0.298 e. The van der Waals surface area contributed by atoms with E-state index in [0.29, 0.717) is 5.69 Å². The fourth-order valence-corrected chi connectivity index (χ4v) is 3.07. The van der Waals surface area contributed by atoms with Gasteiger partial charge in [-0.25, -0.2) is 0 Å². The summed E-state index contributed by atoms with van der Waals surface area (Å²) in [6, 6.07) is 14.0. The monoisotopic (exact) mass is 384 g/mol. The number of hydrogen-bond donors (Lipinski definition) is 0. The number of alkyl halides is 3. The molecule has 0 saturated heterocycles. The van der Waals surface area contributed by atoms with E-state index in [4.69, 9.17) is 16.9 Å². The topological polar surface area (TPSA) is 44.1 Å². The Morgan fingerprint density at radius 3 is 2.48 bits per heavy atom. The van der Waals surface area contributed by atoms with Crippen LogP contribution >= 0.6 is 23.4 Å². The maximum absolute atomic E-state index is 12.9. The van der Waals surface area contributed by atoms with Gasteiger partial charge in [0.15, 0.2) is 0 Å². The minimum absolute atomic E-state index is 0.102. The number of benzene rings is 2. The Morgan fingerprint density at radius 1 is 1.20 bits per heavy atom. The van der Waals surface area contributed by atoms with Gasteiger partial charge in [-0.1, -0.05) is 29.8 Å². The molecule has 8 heteroatoms. The number of carbonyl (C=O) groups excluding carboxylic acids is 1. The second kappa shape index (κ2) is 8.28. The zero-order chi connectivity index (χ0) is 18.4. The molecule has 0 aromatic heterocycles. The van der Waals surface area contributed by atoms with Crippen molar-refractivity contribution in [2.24, 2.45) is 0 Å². The van der Waals surface area contributed by atoms with Crippen molar-refractivity contribution in [1.29, 1.82) is 5.26 Å². The van der Waals surface area contributed by atoms with Crippen LogP contribution in [0.2, 0.25) is 5.02 Å². The number of rotatable bonds is 5. The Balaban J connectivity index is 2.12. The molecule has 25 heavy (non-hydrogen) atoms. The molecule has 3 nitrogen and oxygen atoms in total. The summed E-state index contributed by atoms with van der Waals surface area (Å²) in [5.41, 5.74) is -0.384. The highest BCUT2D eigenvalue weighted by molar-refractivity contribution is 8.00. The van der Waals surface area contributed by atoms with E-state index < -0.39 is 16.8 Å². The van der Waals surface area contributed by atoms with E-state index in [1.807, 2.05) is 6.07 Å². The highest BCUT2D eigenvalue weighted by Crippen LogP contribution is 2.37. The molecule has 0 radical (unpaired) electrons. The number of carbonyl (C=O) groups is 1. The molecule has 0 heterocycles. The summed E-state index contributed by atoms with van der Waals surface area (Å²) in [5.74, 6) is -0.476. The smallest absolute Gasteiger partial charge is 0.298 e. The Morgan fingerprint density at radius 2 is 1.88 bits per heavy atom. The van der Waals surface area contributed by atoms with E-state index in [0.717, 1.165) is 23.9 Å². The number of thioether (sulfide) groups is 1. The zero-order valence-corrected chi connectivity index (χ0v) is 14.3. The van der Waals surface area contributed by atoms with E-state index in [1.54, 1.807) is 30.3 Å². The van der Waals surface area contributed by atoms with Crippen molar-refractivity contribution in [2.45, 2.75) is 11.1 Å². The number of halogens is 4. The second-order valence-corrected chi connectivity index (χ2v) is 6.36. The third-order valence-electron chi connectivity index (χ3n) is 3.20. The van der Waals surface area contributed by atoms with Gasteiger partial charge in [-0.2, -0.15) is 18.4 Å². The molecular weight excluding hydrogens is 373 g/mol. The highest BCUT2D eigenvalue weighted by atomic mass is 35.5. The average Bonchev–Trinajstić information content (AvgIpc) is 2.58. The van der Waals surface area contributed by atoms with Crippen molar-refractivity contribution >= 4 is 35.0 Å². The molecule has 2 rings (SSSR count). The molecule has 0 aliphatic rings. The third kappa shape index (κ3) is 5.15. The van der Waals surface area contributed by atoms with Crippen LogP contribution in [0.15, 0.2) is 53.4 Å². The summed E-state index contributed by atoms with van der Waals surface area (Å²) in [7, 11) is 0. The van der Waals surface area contributed by atoms with Crippen LogP contribution in [0.4, 0.5) is 18.9 Å². The summed E-state index contributed by atoms with van der Waals surface area (Å²) in [4.78, 5) is 13.9. The van der Waals surface area contributed by atoms with Crippen LogP contribution in [-0.2, 0) is 11.0 Å². The number of para-hydroxylation sites is 1. The first kappa shape index (κ1) is 19.2. The number of nitrogens with zero attached hydrogens (tertiary/aromatic N) is 2. The maximum atomic E-state index is 12.9. The molecule has 0 unspecified atom stereocenters. The lowest BCUT2D eigenvalue weighted by atomic mass is 10.2. The van der Waals surface area contributed by atoms with Gasteiger partial charge in [-0.15, -0.1) is 11.8 Å². The van der Waals surface area contributed by atoms with Crippen LogP contribution < -0.4 is 4.90 Å². The van der Waals surface area contributed by atoms with Gasteiger partial charge in [-0.3, -0.25) is 9.69 Å². The second-order valence-electron chi connectivity index (χ2n) is 4.90. The van der Waals surface area contributed by atoms with Gasteiger partial charge in [0.05, 0.1) is 22.4 Å². The minimum atomic E-state index is -4.56. The molecule has 0 bridgehead atoms. The van der Waals surface area contributed by atoms with Crippen molar-refractivity contribution < 1.29 is 18.0 Å². The summed E-state index contributed by atoms with van der Waals surface area (Å²) in [6.45, 7) is -0.141. The summed E-state index contributed by atoms with van der Waals surface area (Å²) < 4.78 is 38.6. The fraction of sp³-hybridized carbons (Fsp3) is 0.176. The van der Waals surface area contributed by atoms with Crippen molar-refractivity contribution in [1.82, 2.24) is 0 Å². The van der Waals surface area contributed by atoms with Crippen molar-refractivity contribution in [3.63, 3.8) is 0 Å². The molecule has 1 amide bonds. The van der Waals surface area contributed by atoms with Gasteiger partial charge in [0, 0.05) is 10.6 Å². The van der Waals surface area contributed by atoms with Crippen molar-refractivity contribution in [3.05, 3.63) is 59.1 Å². The summed E-state index contributed by atoms with van der Waals surface area (Å²) in [6.07, 6.45) is -4.56. The number of nitriles is 1. The van der Waals surface area contributed by atoms with E-state index in [-0.39, 0.29) is 23.1 Å². The fourth-order valence-electron chi connectivity index (χ4n) is 2.04. The first-order chi connectivity index (χ1) is 11.8. The third-order valence-corrected chi connectivity index (χ3v) is 4.51. The van der Waals surface area contributed by atoms with E-state index >= 15 is 0 Å². The normalized spacial score (nSPS) is 11.0. The van der Waals surface area contributed by atoms with Crippen LogP contribution in [0.3, 0.4) is 0 Å². The van der Waals surface area contributed by atoms with E-state index in [9.17, 15) is 18.0 Å². The molecule has 0 fully saturated rings. The van der Waals surface area contributed by atoms with Gasteiger partial charge in [0.1, 0.15) is 6.54 Å². The van der Waals surface area contributed by atoms with Crippen molar-refractivity contribution in [2.75, 3.05) is 17.2 Å². The molecule has 0 atom stereocenters. The van der Waals surface area contributed by atoms with Crippen molar-refractivity contribution in [3.8, 4) is 6.07 Å². The lowest BCUT2D eigenvalue weighted by molar-refractivity contribution is -0.137. The lowest BCUT2D eigenvalue weighted by Crippen LogP contribution is -2.32. The lowest BCUT2D eigenvalue weighted by Gasteiger charge is -2.19. The van der Waals surface area contributed by atoms with Gasteiger partial charge in [0.25, 0.3) is 0 Å². The maximum Gasteiger partial charge on any atom is 0.417 e. The summed E-state index contributed by atoms with van der Waals surface area (Å²) >= 11 is 6.53.